The largest absolute Gasteiger partial charge is 0.284 e. The normalized spacial score (nSPS) is 9.92. The summed E-state index contributed by atoms with van der Waals surface area (Å²) < 4.78 is 1.90. The molecule has 0 spiro atoms. The van der Waals surface area contributed by atoms with Gasteiger partial charge in [-0.3, -0.25) is 10.1 Å². The van der Waals surface area contributed by atoms with E-state index >= 15 is 0 Å². The van der Waals surface area contributed by atoms with Crippen LogP contribution in [0.25, 0.3) is 0 Å². The molecule has 0 radical (unpaired) electrons. The van der Waals surface area contributed by atoms with E-state index in [0.717, 1.165) is 4.47 Å². The highest BCUT2D eigenvalue weighted by Gasteiger charge is 2.13. The Kier molecular flexibility index (Phi) is 3.25. The highest BCUT2D eigenvalue weighted by molar-refractivity contribution is 9.13. The van der Waals surface area contributed by atoms with Gasteiger partial charge in [0.2, 0.25) is 0 Å². The van der Waals surface area contributed by atoms with Gasteiger partial charge in [0, 0.05) is 15.0 Å². The van der Waals surface area contributed by atoms with Crippen molar-refractivity contribution in [3.63, 3.8) is 0 Å². The summed E-state index contributed by atoms with van der Waals surface area (Å²) in [5, 5.41) is 10.4. The smallest absolute Gasteiger partial charge is 0.258 e. The fourth-order valence-corrected chi connectivity index (χ4v) is 2.12. The topological polar surface area (TPSA) is 43.1 Å². The number of halogens is 3. The third kappa shape index (κ3) is 2.05. The van der Waals surface area contributed by atoms with Crippen LogP contribution in [0.15, 0.2) is 25.6 Å². The van der Waals surface area contributed by atoms with Crippen LogP contribution in [0.3, 0.4) is 0 Å². The molecule has 0 aromatic heterocycles. The maximum Gasteiger partial charge on any atom is 0.284 e. The molecule has 0 unspecified atom stereocenters. The van der Waals surface area contributed by atoms with E-state index in [1.54, 1.807) is 6.07 Å². The van der Waals surface area contributed by atoms with Crippen LogP contribution in [-0.2, 0) is 0 Å². The van der Waals surface area contributed by atoms with E-state index in [0.29, 0.717) is 8.95 Å². The lowest BCUT2D eigenvalue weighted by Crippen LogP contribution is -1.89. The quantitative estimate of drug-likeness (QED) is 0.434. The van der Waals surface area contributed by atoms with Crippen LogP contribution in [0, 0.1) is 10.1 Å². The first-order valence-corrected chi connectivity index (χ1v) is 5.19. The summed E-state index contributed by atoms with van der Waals surface area (Å²) in [5.74, 6) is 0. The van der Waals surface area contributed by atoms with Crippen molar-refractivity contribution in [3.8, 4) is 0 Å². The Morgan fingerprint density at radius 2 is 1.58 bits per heavy atom. The van der Waals surface area contributed by atoms with E-state index in [1.807, 2.05) is 0 Å². The van der Waals surface area contributed by atoms with Gasteiger partial charge in [0.05, 0.1) is 9.40 Å². The van der Waals surface area contributed by atoms with Gasteiger partial charge in [-0.1, -0.05) is 0 Å². The lowest BCUT2D eigenvalue weighted by molar-refractivity contribution is -0.385. The van der Waals surface area contributed by atoms with Crippen LogP contribution in [0.1, 0.15) is 0 Å². The average molecular weight is 360 g/mol. The predicted molar refractivity (Wildman–Crippen MR) is 56.2 cm³/mol. The monoisotopic (exact) mass is 357 g/mol. The third-order valence-electron chi connectivity index (χ3n) is 1.19. The van der Waals surface area contributed by atoms with Crippen molar-refractivity contribution in [3.05, 3.63) is 35.7 Å². The van der Waals surface area contributed by atoms with Crippen molar-refractivity contribution >= 4 is 53.5 Å². The maximum atomic E-state index is 10.4. The Morgan fingerprint density at radius 1 is 1.08 bits per heavy atom. The molecule has 0 bridgehead atoms. The van der Waals surface area contributed by atoms with E-state index in [-0.39, 0.29) is 5.69 Å². The lowest BCUT2D eigenvalue weighted by Gasteiger charge is -1.98. The highest BCUT2D eigenvalue weighted by atomic mass is 79.9. The minimum Gasteiger partial charge on any atom is -0.258 e. The summed E-state index contributed by atoms with van der Waals surface area (Å²) >= 11 is 9.50. The van der Waals surface area contributed by atoms with Gasteiger partial charge in [-0.15, -0.1) is 0 Å². The molecule has 3 nitrogen and oxygen atoms in total. The van der Waals surface area contributed by atoms with Gasteiger partial charge >= 0.3 is 0 Å². The van der Waals surface area contributed by atoms with E-state index in [9.17, 15) is 10.1 Å². The highest BCUT2D eigenvalue weighted by Crippen LogP contribution is 2.33. The second kappa shape index (κ2) is 3.85. The number of hydrogen-bond donors (Lipinski definition) is 0. The molecule has 0 saturated heterocycles. The van der Waals surface area contributed by atoms with E-state index in [1.165, 1.54) is 6.07 Å². The van der Waals surface area contributed by atoms with Crippen molar-refractivity contribution < 1.29 is 4.92 Å². The molecule has 1 rings (SSSR count). The summed E-state index contributed by atoms with van der Waals surface area (Å²) in [6, 6.07) is 3.07. The first kappa shape index (κ1) is 10.1. The fraction of sp³-hybridized carbons (Fsp3) is 0. The average Bonchev–Trinajstić information content (AvgIpc) is 1.96. The molecular weight excluding hydrogens is 358 g/mol. The number of benzene rings is 1. The molecule has 12 heavy (non-hydrogen) atoms. The van der Waals surface area contributed by atoms with Gasteiger partial charge in [-0.2, -0.15) is 0 Å². The number of rotatable bonds is 1. The molecule has 0 aliphatic heterocycles. The van der Waals surface area contributed by atoms with Crippen molar-refractivity contribution in [1.82, 2.24) is 0 Å². The molecule has 0 aliphatic carbocycles. The van der Waals surface area contributed by atoms with Crippen LogP contribution in [-0.4, -0.2) is 4.92 Å². The number of hydrogen-bond acceptors (Lipinski definition) is 2. The fourth-order valence-electron chi connectivity index (χ4n) is 0.652. The van der Waals surface area contributed by atoms with Crippen LogP contribution in [0.5, 0.6) is 0 Å². The first-order chi connectivity index (χ1) is 5.52. The van der Waals surface area contributed by atoms with E-state index in [2.05, 4.69) is 47.8 Å². The standard InChI is InChI=1S/C6H2Br3NO2/c7-3-1-5(9)6(10(11)12)2-4(3)8/h1-2H. The summed E-state index contributed by atoms with van der Waals surface area (Å²) in [4.78, 5) is 9.98. The zero-order chi connectivity index (χ0) is 9.30. The number of nitro groups is 1. The molecule has 1 aromatic carbocycles. The van der Waals surface area contributed by atoms with Gasteiger partial charge in [0.15, 0.2) is 0 Å². The lowest BCUT2D eigenvalue weighted by atomic mass is 10.3. The van der Waals surface area contributed by atoms with Crippen molar-refractivity contribution in [2.45, 2.75) is 0 Å². The Balaban J connectivity index is 3.33. The zero-order valence-corrected chi connectivity index (χ0v) is 10.3. The Bertz CT molecular complexity index is 340. The second-order valence-electron chi connectivity index (χ2n) is 1.97. The van der Waals surface area contributed by atoms with Gasteiger partial charge in [-0.05, 0) is 53.9 Å². The van der Waals surface area contributed by atoms with Gasteiger partial charge in [-0.25, -0.2) is 0 Å². The molecule has 0 heterocycles. The molecule has 64 valence electrons. The molecule has 0 amide bonds. The van der Waals surface area contributed by atoms with Gasteiger partial charge in [0.1, 0.15) is 0 Å². The molecule has 6 heteroatoms. The minimum atomic E-state index is -0.443. The predicted octanol–water partition coefficient (Wildman–Crippen LogP) is 3.88. The second-order valence-corrected chi connectivity index (χ2v) is 4.54. The molecule has 0 atom stereocenters. The molecule has 0 fully saturated rings. The van der Waals surface area contributed by atoms with Crippen LogP contribution in [0.4, 0.5) is 5.69 Å². The summed E-state index contributed by atoms with van der Waals surface area (Å²) in [6.07, 6.45) is 0. The summed E-state index contributed by atoms with van der Waals surface area (Å²) in [6.45, 7) is 0. The van der Waals surface area contributed by atoms with E-state index < -0.39 is 4.92 Å². The summed E-state index contributed by atoms with van der Waals surface area (Å²) in [7, 11) is 0. The summed E-state index contributed by atoms with van der Waals surface area (Å²) in [5.41, 5.74) is 0.0464. The molecule has 0 N–H and O–H groups in total. The van der Waals surface area contributed by atoms with Crippen LogP contribution < -0.4 is 0 Å². The Hall–Kier alpha value is 0.0600. The van der Waals surface area contributed by atoms with Crippen molar-refractivity contribution in [2.75, 3.05) is 0 Å². The molecular formula is C6H2Br3NO2. The number of nitro benzene ring substituents is 1. The van der Waals surface area contributed by atoms with Crippen LogP contribution >= 0.6 is 47.8 Å². The first-order valence-electron chi connectivity index (χ1n) is 2.81. The number of nitrogens with zero attached hydrogens (tertiary/aromatic N) is 1. The van der Waals surface area contributed by atoms with Crippen molar-refractivity contribution in [2.24, 2.45) is 0 Å². The van der Waals surface area contributed by atoms with Crippen LogP contribution in [0.2, 0.25) is 0 Å². The van der Waals surface area contributed by atoms with E-state index in [4.69, 9.17) is 0 Å². The molecule has 0 aliphatic rings. The zero-order valence-electron chi connectivity index (χ0n) is 5.55. The molecule has 1 aromatic rings. The van der Waals surface area contributed by atoms with Crippen molar-refractivity contribution in [1.29, 1.82) is 0 Å². The van der Waals surface area contributed by atoms with Gasteiger partial charge < -0.3 is 0 Å². The Labute approximate surface area is 93.7 Å². The van der Waals surface area contributed by atoms with Gasteiger partial charge in [0.25, 0.3) is 5.69 Å². The minimum absolute atomic E-state index is 0.0464. The third-order valence-corrected chi connectivity index (χ3v) is 3.67. The maximum absolute atomic E-state index is 10.4. The SMILES string of the molecule is O=[N+]([O-])c1cc(Br)c(Br)cc1Br. The Morgan fingerprint density at radius 3 is 2.08 bits per heavy atom. The molecule has 0 saturated carbocycles.